The van der Waals surface area contributed by atoms with Gasteiger partial charge < -0.3 is 19.1 Å². The number of carbonyl (C=O) groups is 2. The van der Waals surface area contributed by atoms with Gasteiger partial charge in [-0.25, -0.2) is 0 Å². The van der Waals surface area contributed by atoms with Gasteiger partial charge in [-0.1, -0.05) is 188 Å². The van der Waals surface area contributed by atoms with Gasteiger partial charge in [0.25, 0.3) is 0 Å². The third-order valence-electron chi connectivity index (χ3n) is 13.3. The Morgan fingerprint density at radius 3 is 1.15 bits per heavy atom. The Morgan fingerprint density at radius 2 is 0.750 bits per heavy atom. The van der Waals surface area contributed by atoms with E-state index in [-0.39, 0.29) is 11.9 Å². The summed E-state index contributed by atoms with van der Waals surface area (Å²) in [6.45, 7) is 15.0. The average Bonchev–Trinajstić information content (AvgIpc) is 3.25. The third kappa shape index (κ3) is 37.4. The Kier molecular flexibility index (Phi) is 42.2. The van der Waals surface area contributed by atoms with Crippen LogP contribution in [0.1, 0.15) is 278 Å². The summed E-state index contributed by atoms with van der Waals surface area (Å²) in [5.41, 5.74) is 0. The van der Waals surface area contributed by atoms with E-state index in [4.69, 9.17) is 14.2 Å². The molecular weight excluding hydrogens is 743 g/mol. The molecule has 0 aliphatic carbocycles. The van der Waals surface area contributed by atoms with Crippen molar-refractivity contribution in [1.82, 2.24) is 4.90 Å². The molecule has 0 radical (unpaired) electrons. The number of carbonyl (C=O) groups excluding carboxylic acids is 2. The molecule has 0 aromatic heterocycles. The molecule has 60 heavy (non-hydrogen) atoms. The molecule has 356 valence electrons. The first-order valence-electron chi connectivity index (χ1n) is 27.2. The second kappa shape index (κ2) is 44.5. The van der Waals surface area contributed by atoms with Gasteiger partial charge in [-0.05, 0) is 109 Å². The summed E-state index contributed by atoms with van der Waals surface area (Å²) in [5.74, 6) is 1.10. The number of likely N-dealkylation sites (tertiary alicyclic amines) is 1. The maximum absolute atomic E-state index is 12.5. The van der Waals surface area contributed by atoms with Crippen molar-refractivity contribution in [3.8, 4) is 0 Å². The molecule has 0 amide bonds. The van der Waals surface area contributed by atoms with E-state index in [2.05, 4.69) is 32.6 Å². The normalized spacial score (nSPS) is 13.6. The Balaban J connectivity index is 2.22. The number of nitrogens with zero attached hydrogens (tertiary/aromatic N) is 1. The molecular formula is C54H105NO5. The lowest BCUT2D eigenvalue weighted by molar-refractivity contribution is -0.146. The smallest absolute Gasteiger partial charge is 0.306 e. The van der Waals surface area contributed by atoms with Crippen LogP contribution in [0.2, 0.25) is 0 Å². The van der Waals surface area contributed by atoms with Crippen molar-refractivity contribution in [3.05, 3.63) is 0 Å². The summed E-state index contributed by atoms with van der Waals surface area (Å²) in [5, 5.41) is 0. The SMILES string of the molecule is CCCCCC(CCCCC)CC(=O)OCCCCCCCCCC(CCCCCCCCCOC(=O)CC(CCCCC)CCCCC)OCCCCN1CCCCC1. The summed E-state index contributed by atoms with van der Waals surface area (Å²) < 4.78 is 17.9. The fourth-order valence-corrected chi connectivity index (χ4v) is 9.29. The molecule has 6 nitrogen and oxygen atoms in total. The fourth-order valence-electron chi connectivity index (χ4n) is 9.29. The zero-order chi connectivity index (χ0) is 43.4. The van der Waals surface area contributed by atoms with E-state index in [1.165, 1.54) is 244 Å². The zero-order valence-electron chi connectivity index (χ0n) is 41.0. The Morgan fingerprint density at radius 1 is 0.400 bits per heavy atom. The number of piperidine rings is 1. The van der Waals surface area contributed by atoms with Crippen molar-refractivity contribution in [2.45, 2.75) is 284 Å². The van der Waals surface area contributed by atoms with E-state index in [1.54, 1.807) is 0 Å². The molecule has 1 aliphatic heterocycles. The van der Waals surface area contributed by atoms with E-state index in [0.717, 1.165) is 19.4 Å². The summed E-state index contributed by atoms with van der Waals surface area (Å²) in [4.78, 5) is 27.7. The maximum atomic E-state index is 12.5. The van der Waals surface area contributed by atoms with Gasteiger partial charge in [-0.15, -0.1) is 0 Å². The van der Waals surface area contributed by atoms with Gasteiger partial charge in [0.2, 0.25) is 0 Å². The minimum atomic E-state index is 0.0346. The highest BCUT2D eigenvalue weighted by Gasteiger charge is 2.16. The largest absolute Gasteiger partial charge is 0.466 e. The summed E-state index contributed by atoms with van der Waals surface area (Å²) in [6.07, 6.45) is 47.6. The Bertz CT molecular complexity index is 829. The van der Waals surface area contributed by atoms with Gasteiger partial charge >= 0.3 is 11.9 Å². The van der Waals surface area contributed by atoms with E-state index < -0.39 is 0 Å². The molecule has 0 atom stereocenters. The van der Waals surface area contributed by atoms with Crippen LogP contribution in [0.3, 0.4) is 0 Å². The van der Waals surface area contributed by atoms with Crippen LogP contribution in [0.25, 0.3) is 0 Å². The van der Waals surface area contributed by atoms with Crippen LogP contribution in [0, 0.1) is 11.8 Å². The van der Waals surface area contributed by atoms with Crippen molar-refractivity contribution >= 4 is 11.9 Å². The molecule has 1 rings (SSSR count). The van der Waals surface area contributed by atoms with Crippen LogP contribution >= 0.6 is 0 Å². The molecule has 1 aliphatic rings. The standard InChI is InChI=1S/C54H105NO5/c1-5-9-24-36-50(37-25-10-6-2)48-53(56)59-46-33-21-17-13-15-19-28-40-52(58-45-35-32-44-55-42-30-23-31-43-55)41-29-20-16-14-18-22-34-47-60-54(57)49-51(38-26-11-7-3)39-27-12-8-4/h50-52H,5-49H2,1-4H3. The number of esters is 2. The molecule has 1 fully saturated rings. The van der Waals surface area contributed by atoms with Crippen molar-refractivity contribution in [3.63, 3.8) is 0 Å². The lowest BCUT2D eigenvalue weighted by Gasteiger charge is -2.26. The number of rotatable bonds is 46. The Labute approximate surface area is 374 Å². The quantitative estimate of drug-likeness (QED) is 0.0449. The summed E-state index contributed by atoms with van der Waals surface area (Å²) >= 11 is 0. The molecule has 0 saturated carbocycles. The monoisotopic (exact) mass is 848 g/mol. The van der Waals surface area contributed by atoms with Crippen LogP contribution in [0.4, 0.5) is 0 Å². The first-order chi connectivity index (χ1) is 29.5. The summed E-state index contributed by atoms with van der Waals surface area (Å²) in [6, 6.07) is 0. The maximum Gasteiger partial charge on any atom is 0.306 e. The molecule has 1 heterocycles. The Hall–Kier alpha value is -1.14. The van der Waals surface area contributed by atoms with Crippen molar-refractivity contribution in [1.29, 1.82) is 0 Å². The van der Waals surface area contributed by atoms with E-state index >= 15 is 0 Å². The van der Waals surface area contributed by atoms with Crippen molar-refractivity contribution in [2.24, 2.45) is 11.8 Å². The van der Waals surface area contributed by atoms with Crippen LogP contribution in [0.15, 0.2) is 0 Å². The van der Waals surface area contributed by atoms with Gasteiger partial charge in [0.15, 0.2) is 0 Å². The van der Waals surface area contributed by atoms with Gasteiger partial charge in [-0.3, -0.25) is 9.59 Å². The van der Waals surface area contributed by atoms with Crippen molar-refractivity contribution < 1.29 is 23.8 Å². The van der Waals surface area contributed by atoms with Crippen LogP contribution < -0.4 is 0 Å². The highest BCUT2D eigenvalue weighted by Crippen LogP contribution is 2.24. The first kappa shape index (κ1) is 56.9. The highest BCUT2D eigenvalue weighted by atomic mass is 16.5. The molecule has 0 bridgehead atoms. The predicted molar refractivity (Wildman–Crippen MR) is 258 cm³/mol. The van der Waals surface area contributed by atoms with E-state index in [9.17, 15) is 9.59 Å². The molecule has 6 heteroatoms. The molecule has 0 aromatic carbocycles. The lowest BCUT2D eigenvalue weighted by Crippen LogP contribution is -2.30. The molecule has 0 aromatic rings. The molecule has 0 N–H and O–H groups in total. The van der Waals surface area contributed by atoms with Gasteiger partial charge in [0.1, 0.15) is 0 Å². The molecule has 0 unspecified atom stereocenters. The molecule has 0 spiro atoms. The highest BCUT2D eigenvalue weighted by molar-refractivity contribution is 5.70. The van der Waals surface area contributed by atoms with Gasteiger partial charge in [0, 0.05) is 19.4 Å². The minimum Gasteiger partial charge on any atom is -0.466 e. The van der Waals surface area contributed by atoms with Crippen LogP contribution in [0.5, 0.6) is 0 Å². The lowest BCUT2D eigenvalue weighted by atomic mass is 9.92. The summed E-state index contributed by atoms with van der Waals surface area (Å²) in [7, 11) is 0. The van der Waals surface area contributed by atoms with Gasteiger partial charge in [-0.2, -0.15) is 0 Å². The number of ether oxygens (including phenoxy) is 3. The van der Waals surface area contributed by atoms with E-state index in [1.807, 2.05) is 0 Å². The van der Waals surface area contributed by atoms with Gasteiger partial charge in [0.05, 0.1) is 19.3 Å². The van der Waals surface area contributed by atoms with Crippen LogP contribution in [-0.2, 0) is 23.8 Å². The predicted octanol–water partition coefficient (Wildman–Crippen LogP) is 16.3. The second-order valence-electron chi connectivity index (χ2n) is 19.2. The zero-order valence-corrected chi connectivity index (χ0v) is 41.0. The fraction of sp³-hybridized carbons (Fsp3) is 0.963. The van der Waals surface area contributed by atoms with Crippen molar-refractivity contribution in [2.75, 3.05) is 39.5 Å². The van der Waals surface area contributed by atoms with E-state index in [0.29, 0.717) is 44.0 Å². The molecule has 1 saturated heterocycles. The topological polar surface area (TPSA) is 65.1 Å². The average molecular weight is 848 g/mol. The first-order valence-corrected chi connectivity index (χ1v) is 27.2. The number of hydrogen-bond donors (Lipinski definition) is 0. The number of hydrogen-bond acceptors (Lipinski definition) is 6. The van der Waals surface area contributed by atoms with Crippen LogP contribution in [-0.4, -0.2) is 62.4 Å². The number of unbranched alkanes of at least 4 members (excludes halogenated alkanes) is 21. The second-order valence-corrected chi connectivity index (χ2v) is 19.2. The minimum absolute atomic E-state index is 0.0346. The third-order valence-corrected chi connectivity index (χ3v) is 13.3.